The summed E-state index contributed by atoms with van der Waals surface area (Å²) in [5.41, 5.74) is 3.38. The van der Waals surface area contributed by atoms with Gasteiger partial charge in [-0.15, -0.1) is 0 Å². The molecule has 150 valence electrons. The second kappa shape index (κ2) is 8.21. The van der Waals surface area contributed by atoms with E-state index in [0.717, 1.165) is 17.0 Å². The molecule has 30 heavy (non-hydrogen) atoms. The van der Waals surface area contributed by atoms with Gasteiger partial charge in [0.15, 0.2) is 12.4 Å². The summed E-state index contributed by atoms with van der Waals surface area (Å²) in [6.45, 7) is 1.58. The van der Waals surface area contributed by atoms with Gasteiger partial charge >= 0.3 is 5.97 Å². The average Bonchev–Trinajstić information content (AvgIpc) is 3.12. The number of esters is 1. The third-order valence-electron chi connectivity index (χ3n) is 4.82. The van der Waals surface area contributed by atoms with Crippen LogP contribution in [-0.4, -0.2) is 35.0 Å². The van der Waals surface area contributed by atoms with Crippen molar-refractivity contribution in [2.75, 3.05) is 13.7 Å². The van der Waals surface area contributed by atoms with Crippen LogP contribution in [0.25, 0.3) is 16.7 Å². The van der Waals surface area contributed by atoms with E-state index in [4.69, 9.17) is 9.47 Å². The van der Waals surface area contributed by atoms with Crippen LogP contribution in [0.2, 0.25) is 0 Å². The minimum atomic E-state index is -0.564. The van der Waals surface area contributed by atoms with Gasteiger partial charge in [0.25, 0.3) is 0 Å². The first-order valence-corrected chi connectivity index (χ1v) is 9.46. The fourth-order valence-electron chi connectivity index (χ4n) is 3.31. The molecule has 0 spiro atoms. The maximum Gasteiger partial charge on any atom is 0.338 e. The van der Waals surface area contributed by atoms with E-state index in [1.165, 1.54) is 0 Å². The van der Waals surface area contributed by atoms with Crippen LogP contribution in [0.4, 0.5) is 0 Å². The largest absolute Gasteiger partial charge is 0.497 e. The van der Waals surface area contributed by atoms with Crippen LogP contribution in [-0.2, 0) is 4.74 Å². The van der Waals surface area contributed by atoms with Gasteiger partial charge in [-0.2, -0.15) is 0 Å². The zero-order chi connectivity index (χ0) is 21.1. The first-order chi connectivity index (χ1) is 14.6. The van der Waals surface area contributed by atoms with Crippen LogP contribution in [0, 0.1) is 6.92 Å². The summed E-state index contributed by atoms with van der Waals surface area (Å²) in [7, 11) is 1.56. The second-order valence-electron chi connectivity index (χ2n) is 6.76. The molecule has 0 saturated carbocycles. The number of Topliss-reactive ketones (excluding diaryl/α,β-unsaturated/α-hetero) is 1. The van der Waals surface area contributed by atoms with Crippen LogP contribution in [0.5, 0.6) is 5.75 Å². The molecule has 0 radical (unpaired) electrons. The number of rotatable bonds is 6. The van der Waals surface area contributed by atoms with E-state index in [1.54, 1.807) is 43.5 Å². The molecule has 1 aromatic heterocycles. The number of methoxy groups -OCH3 is 1. The monoisotopic (exact) mass is 400 g/mol. The zero-order valence-corrected chi connectivity index (χ0v) is 16.7. The van der Waals surface area contributed by atoms with Gasteiger partial charge in [0, 0.05) is 11.3 Å². The molecule has 4 aromatic rings. The summed E-state index contributed by atoms with van der Waals surface area (Å²) < 4.78 is 12.3. The maximum atomic E-state index is 12.5. The molecule has 0 unspecified atom stereocenters. The van der Waals surface area contributed by atoms with Crippen LogP contribution < -0.4 is 4.74 Å². The van der Waals surface area contributed by atoms with E-state index < -0.39 is 5.97 Å². The third-order valence-corrected chi connectivity index (χ3v) is 4.82. The molecular formula is C24H20N2O4. The molecule has 0 N–H and O–H groups in total. The van der Waals surface area contributed by atoms with Crippen molar-refractivity contribution in [2.24, 2.45) is 0 Å². The van der Waals surface area contributed by atoms with E-state index >= 15 is 0 Å². The predicted octanol–water partition coefficient (Wildman–Crippen LogP) is 4.38. The van der Waals surface area contributed by atoms with Gasteiger partial charge in [0.05, 0.1) is 23.7 Å². The molecule has 0 aliphatic carbocycles. The van der Waals surface area contributed by atoms with Crippen molar-refractivity contribution < 1.29 is 19.1 Å². The highest BCUT2D eigenvalue weighted by molar-refractivity contribution is 6.00. The van der Waals surface area contributed by atoms with Gasteiger partial charge in [-0.05, 0) is 61.5 Å². The lowest BCUT2D eigenvalue weighted by Crippen LogP contribution is -2.14. The molecule has 0 atom stereocenters. The standard InChI is InChI=1S/C24H20N2O4/c1-16-25-21-14-18(10-13-22(21)26(16)19-6-4-3-5-7-19)24(28)30-15-23(27)17-8-11-20(29-2)12-9-17/h3-14H,15H2,1-2H3. The number of aryl methyl sites for hydroxylation is 1. The quantitative estimate of drug-likeness (QED) is 0.355. The van der Waals surface area contributed by atoms with Gasteiger partial charge in [-0.25, -0.2) is 9.78 Å². The molecule has 0 aliphatic heterocycles. The Morgan fingerprint density at radius 1 is 0.933 bits per heavy atom. The first-order valence-electron chi connectivity index (χ1n) is 9.46. The molecular weight excluding hydrogens is 380 g/mol. The second-order valence-corrected chi connectivity index (χ2v) is 6.76. The van der Waals surface area contributed by atoms with E-state index in [9.17, 15) is 9.59 Å². The fraction of sp³-hybridized carbons (Fsp3) is 0.125. The van der Waals surface area contributed by atoms with Crippen molar-refractivity contribution in [1.29, 1.82) is 0 Å². The molecule has 0 saturated heterocycles. The lowest BCUT2D eigenvalue weighted by molar-refractivity contribution is 0.0475. The van der Waals surface area contributed by atoms with E-state index in [1.807, 2.05) is 47.9 Å². The third kappa shape index (κ3) is 3.80. The minimum absolute atomic E-state index is 0.281. The Hall–Kier alpha value is -3.93. The Labute approximate surface area is 173 Å². The molecule has 4 rings (SSSR count). The number of hydrogen-bond acceptors (Lipinski definition) is 5. The Balaban J connectivity index is 1.50. The molecule has 6 heteroatoms. The molecule has 0 amide bonds. The van der Waals surface area contributed by atoms with Gasteiger partial charge < -0.3 is 9.47 Å². The number of benzene rings is 3. The summed E-state index contributed by atoms with van der Waals surface area (Å²) >= 11 is 0. The van der Waals surface area contributed by atoms with Crippen molar-refractivity contribution in [3.63, 3.8) is 0 Å². The minimum Gasteiger partial charge on any atom is -0.497 e. The normalized spacial score (nSPS) is 10.7. The molecule has 0 bridgehead atoms. The van der Waals surface area contributed by atoms with Gasteiger partial charge in [0.1, 0.15) is 11.6 Å². The van der Waals surface area contributed by atoms with Gasteiger partial charge in [0.2, 0.25) is 0 Å². The van der Waals surface area contributed by atoms with Crippen LogP contribution in [0.15, 0.2) is 72.8 Å². The smallest absolute Gasteiger partial charge is 0.338 e. The van der Waals surface area contributed by atoms with Crippen LogP contribution >= 0.6 is 0 Å². The lowest BCUT2D eigenvalue weighted by atomic mass is 10.1. The molecule has 6 nitrogen and oxygen atoms in total. The van der Waals surface area contributed by atoms with Crippen molar-refractivity contribution >= 4 is 22.8 Å². The molecule has 1 heterocycles. The van der Waals surface area contributed by atoms with Crippen LogP contribution in [0.3, 0.4) is 0 Å². The number of hydrogen-bond donors (Lipinski definition) is 0. The number of nitrogens with zero attached hydrogens (tertiary/aromatic N) is 2. The molecule has 0 fully saturated rings. The number of fused-ring (bicyclic) bond motifs is 1. The summed E-state index contributed by atoms with van der Waals surface area (Å²) in [6, 6.07) is 21.7. The SMILES string of the molecule is COc1ccc(C(=O)COC(=O)c2ccc3c(c2)nc(C)n3-c2ccccc2)cc1. The summed E-state index contributed by atoms with van der Waals surface area (Å²) in [6.07, 6.45) is 0. The molecule has 3 aromatic carbocycles. The highest BCUT2D eigenvalue weighted by Gasteiger charge is 2.15. The van der Waals surface area contributed by atoms with Crippen LogP contribution in [0.1, 0.15) is 26.5 Å². The Kier molecular flexibility index (Phi) is 5.30. The van der Waals surface area contributed by atoms with E-state index in [0.29, 0.717) is 22.4 Å². The summed E-state index contributed by atoms with van der Waals surface area (Å²) in [4.78, 5) is 29.3. The highest BCUT2D eigenvalue weighted by Crippen LogP contribution is 2.22. The van der Waals surface area contributed by atoms with Crippen molar-refractivity contribution in [2.45, 2.75) is 6.92 Å². The molecule has 0 aliphatic rings. The maximum absolute atomic E-state index is 12.5. The van der Waals surface area contributed by atoms with Crippen molar-refractivity contribution in [3.05, 3.63) is 89.7 Å². The fourth-order valence-corrected chi connectivity index (χ4v) is 3.31. The number of imidazole rings is 1. The first kappa shape index (κ1) is 19.4. The lowest BCUT2D eigenvalue weighted by Gasteiger charge is -2.07. The van der Waals surface area contributed by atoms with E-state index in [2.05, 4.69) is 4.98 Å². The Morgan fingerprint density at radius 3 is 2.33 bits per heavy atom. The van der Waals surface area contributed by atoms with Gasteiger partial charge in [-0.3, -0.25) is 9.36 Å². The summed E-state index contributed by atoms with van der Waals surface area (Å²) in [5, 5.41) is 0. The number of aromatic nitrogens is 2. The van der Waals surface area contributed by atoms with Gasteiger partial charge in [-0.1, -0.05) is 18.2 Å². The summed E-state index contributed by atoms with van der Waals surface area (Å²) in [5.74, 6) is 0.625. The topological polar surface area (TPSA) is 70.4 Å². The Morgan fingerprint density at radius 2 is 1.63 bits per heavy atom. The predicted molar refractivity (Wildman–Crippen MR) is 113 cm³/mol. The Bertz CT molecular complexity index is 1210. The highest BCUT2D eigenvalue weighted by atomic mass is 16.5. The number of ketones is 1. The van der Waals surface area contributed by atoms with Crippen molar-refractivity contribution in [1.82, 2.24) is 9.55 Å². The average molecular weight is 400 g/mol. The number of ether oxygens (including phenoxy) is 2. The zero-order valence-electron chi connectivity index (χ0n) is 16.7. The number of para-hydroxylation sites is 1. The van der Waals surface area contributed by atoms with E-state index in [-0.39, 0.29) is 12.4 Å². The van der Waals surface area contributed by atoms with Crippen molar-refractivity contribution in [3.8, 4) is 11.4 Å². The number of carbonyl (C=O) groups is 2. The number of carbonyl (C=O) groups excluding carboxylic acids is 2.